The molecule has 0 saturated heterocycles. The molecule has 0 amide bonds. The number of phenolic OH excluding ortho intramolecular Hbond substituents is 1. The Morgan fingerprint density at radius 3 is 2.92 bits per heavy atom. The predicted octanol–water partition coefficient (Wildman–Crippen LogP) is 1.34. The third-order valence-corrected chi connectivity index (χ3v) is 2.56. The van der Waals surface area contributed by atoms with Crippen LogP contribution in [0.3, 0.4) is 0 Å². The molecule has 64 valence electrons. The lowest BCUT2D eigenvalue weighted by molar-refractivity contribution is 0.462. The Kier molecular flexibility index (Phi) is 1.77. The zero-order chi connectivity index (χ0) is 8.55. The molecule has 0 unspecified atom stereocenters. The molecule has 0 spiro atoms. The molecule has 12 heavy (non-hydrogen) atoms. The van der Waals surface area contributed by atoms with Crippen LogP contribution >= 0.6 is 0 Å². The van der Waals surface area contributed by atoms with Gasteiger partial charge in [0.2, 0.25) is 0 Å². The second-order valence-electron chi connectivity index (χ2n) is 3.27. The molecule has 2 nitrogen and oxygen atoms in total. The minimum absolute atomic E-state index is 0.430. The molecule has 2 rings (SSSR count). The number of aromatic hydroxyl groups is 1. The Bertz CT molecular complexity index is 307. The van der Waals surface area contributed by atoms with E-state index in [-0.39, 0.29) is 0 Å². The summed E-state index contributed by atoms with van der Waals surface area (Å²) in [5.41, 5.74) is 8.77. The second kappa shape index (κ2) is 2.79. The van der Waals surface area contributed by atoms with Crippen molar-refractivity contribution in [2.45, 2.75) is 25.8 Å². The van der Waals surface area contributed by atoms with Gasteiger partial charge in [-0.2, -0.15) is 0 Å². The first-order chi connectivity index (χ1) is 5.83. The van der Waals surface area contributed by atoms with E-state index in [0.29, 0.717) is 12.3 Å². The Morgan fingerprint density at radius 1 is 1.33 bits per heavy atom. The SMILES string of the molecule is NCc1ccc2c(c1O)CCC2. The van der Waals surface area contributed by atoms with Crippen LogP contribution in [0.2, 0.25) is 0 Å². The van der Waals surface area contributed by atoms with Crippen molar-refractivity contribution >= 4 is 0 Å². The summed E-state index contributed by atoms with van der Waals surface area (Å²) in [6.07, 6.45) is 3.28. The predicted molar refractivity (Wildman–Crippen MR) is 48.0 cm³/mol. The van der Waals surface area contributed by atoms with Gasteiger partial charge in [0.15, 0.2) is 0 Å². The van der Waals surface area contributed by atoms with E-state index in [4.69, 9.17) is 5.73 Å². The van der Waals surface area contributed by atoms with Crippen molar-refractivity contribution in [2.24, 2.45) is 5.73 Å². The van der Waals surface area contributed by atoms with Crippen molar-refractivity contribution < 1.29 is 5.11 Å². The fraction of sp³-hybridized carbons (Fsp3) is 0.400. The van der Waals surface area contributed by atoms with Gasteiger partial charge in [0.05, 0.1) is 0 Å². The van der Waals surface area contributed by atoms with E-state index in [0.717, 1.165) is 30.4 Å². The van der Waals surface area contributed by atoms with Gasteiger partial charge in [-0.15, -0.1) is 0 Å². The van der Waals surface area contributed by atoms with Crippen LogP contribution in [0.4, 0.5) is 0 Å². The Labute approximate surface area is 72.0 Å². The van der Waals surface area contributed by atoms with Gasteiger partial charge in [0, 0.05) is 12.1 Å². The summed E-state index contributed by atoms with van der Waals surface area (Å²) in [6.45, 7) is 0.430. The first-order valence-corrected chi connectivity index (χ1v) is 4.35. The van der Waals surface area contributed by atoms with Gasteiger partial charge in [-0.1, -0.05) is 12.1 Å². The Morgan fingerprint density at radius 2 is 2.17 bits per heavy atom. The van der Waals surface area contributed by atoms with Crippen LogP contribution < -0.4 is 5.73 Å². The van der Waals surface area contributed by atoms with Crippen molar-refractivity contribution in [2.75, 3.05) is 0 Å². The van der Waals surface area contributed by atoms with Crippen molar-refractivity contribution in [3.8, 4) is 5.75 Å². The van der Waals surface area contributed by atoms with Crippen molar-refractivity contribution in [3.63, 3.8) is 0 Å². The quantitative estimate of drug-likeness (QED) is 0.656. The average Bonchev–Trinajstić information content (AvgIpc) is 2.53. The largest absolute Gasteiger partial charge is 0.507 e. The number of benzene rings is 1. The third-order valence-electron chi connectivity index (χ3n) is 2.56. The number of nitrogens with two attached hydrogens (primary N) is 1. The summed E-state index contributed by atoms with van der Waals surface area (Å²) in [7, 11) is 0. The number of phenols is 1. The van der Waals surface area contributed by atoms with Gasteiger partial charge < -0.3 is 10.8 Å². The number of hydrogen-bond acceptors (Lipinski definition) is 2. The van der Waals surface area contributed by atoms with E-state index >= 15 is 0 Å². The molecular formula is C10H13NO. The monoisotopic (exact) mass is 163 g/mol. The molecule has 1 aromatic rings. The molecule has 0 aliphatic heterocycles. The topological polar surface area (TPSA) is 46.2 Å². The van der Waals surface area contributed by atoms with Crippen LogP contribution in [-0.2, 0) is 19.4 Å². The zero-order valence-electron chi connectivity index (χ0n) is 7.01. The zero-order valence-corrected chi connectivity index (χ0v) is 7.01. The van der Waals surface area contributed by atoms with Gasteiger partial charge in [0.25, 0.3) is 0 Å². The van der Waals surface area contributed by atoms with E-state index in [1.165, 1.54) is 5.56 Å². The van der Waals surface area contributed by atoms with E-state index in [9.17, 15) is 5.11 Å². The lowest BCUT2D eigenvalue weighted by atomic mass is 10.0. The molecule has 0 heterocycles. The molecule has 2 heteroatoms. The summed E-state index contributed by atoms with van der Waals surface area (Å²) < 4.78 is 0. The molecule has 0 radical (unpaired) electrons. The summed E-state index contributed by atoms with van der Waals surface area (Å²) in [5.74, 6) is 0.438. The molecule has 0 aromatic heterocycles. The lowest BCUT2D eigenvalue weighted by Crippen LogP contribution is -1.98. The number of fused-ring (bicyclic) bond motifs is 1. The maximum atomic E-state index is 9.73. The standard InChI is InChI=1S/C10H13NO/c11-6-8-5-4-7-2-1-3-9(7)10(8)12/h4-5,12H,1-3,6,11H2. The molecule has 0 saturated carbocycles. The summed E-state index contributed by atoms with van der Waals surface area (Å²) >= 11 is 0. The summed E-state index contributed by atoms with van der Waals surface area (Å²) in [4.78, 5) is 0. The summed E-state index contributed by atoms with van der Waals surface area (Å²) in [5, 5.41) is 9.73. The van der Waals surface area contributed by atoms with Crippen LogP contribution in [0.15, 0.2) is 12.1 Å². The fourth-order valence-electron chi connectivity index (χ4n) is 1.86. The van der Waals surface area contributed by atoms with Gasteiger partial charge >= 0.3 is 0 Å². The van der Waals surface area contributed by atoms with Crippen LogP contribution in [-0.4, -0.2) is 5.11 Å². The van der Waals surface area contributed by atoms with Gasteiger partial charge in [-0.3, -0.25) is 0 Å². The molecule has 0 fully saturated rings. The highest BCUT2D eigenvalue weighted by molar-refractivity contribution is 5.47. The molecule has 1 aromatic carbocycles. The van der Waals surface area contributed by atoms with E-state index in [2.05, 4.69) is 6.07 Å². The smallest absolute Gasteiger partial charge is 0.123 e. The maximum Gasteiger partial charge on any atom is 0.123 e. The number of rotatable bonds is 1. The number of hydrogen-bond donors (Lipinski definition) is 2. The van der Waals surface area contributed by atoms with Gasteiger partial charge in [-0.25, -0.2) is 0 Å². The van der Waals surface area contributed by atoms with E-state index in [1.807, 2.05) is 6.07 Å². The second-order valence-corrected chi connectivity index (χ2v) is 3.27. The lowest BCUT2D eigenvalue weighted by Gasteiger charge is -2.06. The highest BCUT2D eigenvalue weighted by Crippen LogP contribution is 2.32. The average molecular weight is 163 g/mol. The maximum absolute atomic E-state index is 9.73. The number of aryl methyl sites for hydroxylation is 1. The van der Waals surface area contributed by atoms with Crippen molar-refractivity contribution in [3.05, 3.63) is 28.8 Å². The van der Waals surface area contributed by atoms with Gasteiger partial charge in [-0.05, 0) is 30.4 Å². The van der Waals surface area contributed by atoms with Crippen LogP contribution in [0, 0.1) is 0 Å². The Hall–Kier alpha value is -1.02. The van der Waals surface area contributed by atoms with Crippen molar-refractivity contribution in [1.29, 1.82) is 0 Å². The molecular weight excluding hydrogens is 150 g/mol. The van der Waals surface area contributed by atoms with Gasteiger partial charge in [0.1, 0.15) is 5.75 Å². The normalized spacial score (nSPS) is 14.8. The first-order valence-electron chi connectivity index (χ1n) is 4.35. The minimum atomic E-state index is 0.430. The Balaban J connectivity index is 2.54. The molecule has 3 N–H and O–H groups in total. The fourth-order valence-corrected chi connectivity index (χ4v) is 1.86. The molecule has 1 aliphatic carbocycles. The summed E-state index contributed by atoms with van der Waals surface area (Å²) in [6, 6.07) is 4.02. The molecule has 0 atom stereocenters. The highest BCUT2D eigenvalue weighted by Gasteiger charge is 2.16. The third kappa shape index (κ3) is 0.994. The van der Waals surface area contributed by atoms with Crippen LogP contribution in [0.1, 0.15) is 23.1 Å². The molecule has 1 aliphatic rings. The minimum Gasteiger partial charge on any atom is -0.507 e. The van der Waals surface area contributed by atoms with Crippen molar-refractivity contribution in [1.82, 2.24) is 0 Å². The van der Waals surface area contributed by atoms with E-state index in [1.54, 1.807) is 0 Å². The van der Waals surface area contributed by atoms with Crippen LogP contribution in [0.5, 0.6) is 5.75 Å². The highest BCUT2D eigenvalue weighted by atomic mass is 16.3. The first kappa shape index (κ1) is 7.62. The molecule has 0 bridgehead atoms. The van der Waals surface area contributed by atoms with Crippen LogP contribution in [0.25, 0.3) is 0 Å². The van der Waals surface area contributed by atoms with E-state index < -0.39 is 0 Å².